The van der Waals surface area contributed by atoms with E-state index in [2.05, 4.69) is 4.72 Å². The molecule has 0 saturated heterocycles. The van der Waals surface area contributed by atoms with Crippen LogP contribution in [0, 0.1) is 0 Å². The molecule has 3 nitrogen and oxygen atoms in total. The number of hydrogen-bond acceptors (Lipinski definition) is 2. The molecule has 0 aliphatic carbocycles. The van der Waals surface area contributed by atoms with Gasteiger partial charge < -0.3 is 4.57 Å². The van der Waals surface area contributed by atoms with Crippen LogP contribution in [0.4, 0.5) is 0 Å². The van der Waals surface area contributed by atoms with Gasteiger partial charge in [-0.2, -0.15) is 0 Å². The van der Waals surface area contributed by atoms with E-state index in [1.165, 1.54) is 0 Å². The van der Waals surface area contributed by atoms with Gasteiger partial charge in [-0.1, -0.05) is 51.1 Å². The van der Waals surface area contributed by atoms with Crippen LogP contribution in [0.1, 0.15) is 53.5 Å². The Morgan fingerprint density at radius 3 is 1.91 bits per heavy atom. The molecule has 0 aliphatic rings. The monoisotopic (exact) mass is 343 g/mol. The third-order valence-corrected chi connectivity index (χ3v) is 10.2. The Kier molecular flexibility index (Phi) is 6.61. The van der Waals surface area contributed by atoms with Crippen molar-refractivity contribution in [1.82, 2.24) is 4.72 Å². The summed E-state index contributed by atoms with van der Waals surface area (Å²) in [6.07, 6.45) is 1.85. The number of hydrogen-bond donors (Lipinski definition) is 1. The van der Waals surface area contributed by atoms with Crippen molar-refractivity contribution in [3.05, 3.63) is 35.9 Å². The summed E-state index contributed by atoms with van der Waals surface area (Å²) in [5.74, 6) is 0. The molecule has 0 saturated carbocycles. The molecule has 0 unspecified atom stereocenters. The maximum atomic E-state index is 13.7. The Morgan fingerprint density at radius 1 is 1.05 bits per heavy atom. The number of rotatable bonds is 7. The lowest BCUT2D eigenvalue weighted by atomic mass is 10.1. The summed E-state index contributed by atoms with van der Waals surface area (Å²) in [6.45, 7) is 11.8. The molecule has 0 spiro atoms. The van der Waals surface area contributed by atoms with Crippen molar-refractivity contribution in [2.45, 2.75) is 58.0 Å². The van der Waals surface area contributed by atoms with Gasteiger partial charge in [0.1, 0.15) is 12.4 Å². The highest BCUT2D eigenvalue weighted by Gasteiger charge is 2.47. The summed E-state index contributed by atoms with van der Waals surface area (Å²) < 4.78 is 29.3. The largest absolute Gasteiger partial charge is 0.321 e. The van der Waals surface area contributed by atoms with E-state index in [1.54, 1.807) is 0 Å². The minimum atomic E-state index is -2.57. The average molecular weight is 343 g/mol. The Labute approximate surface area is 138 Å². The highest BCUT2D eigenvalue weighted by molar-refractivity contribution is 7.85. The van der Waals surface area contributed by atoms with Crippen LogP contribution in [0.2, 0.25) is 0 Å². The standard InChI is InChI=1S/C17H30NO2PS/c1-7-17(21(19,8-2)9-3,15-13-11-10-12-14-15)18-22(20)16(4,5)6/h10-14,18H,7-9H2,1-6H3/t17-,22+/m1/s1. The van der Waals surface area contributed by atoms with E-state index in [9.17, 15) is 8.77 Å². The lowest BCUT2D eigenvalue weighted by Gasteiger charge is -2.42. The summed E-state index contributed by atoms with van der Waals surface area (Å²) in [7, 11) is -3.85. The van der Waals surface area contributed by atoms with Gasteiger partial charge in [-0.15, -0.1) is 0 Å². The fourth-order valence-electron chi connectivity index (χ4n) is 2.73. The Balaban J connectivity index is 3.50. The third-order valence-electron chi connectivity index (χ3n) is 4.30. The molecule has 0 amide bonds. The first kappa shape index (κ1) is 19.6. The van der Waals surface area contributed by atoms with Gasteiger partial charge in [-0.25, -0.2) is 8.93 Å². The van der Waals surface area contributed by atoms with Crippen molar-refractivity contribution in [3.63, 3.8) is 0 Å². The van der Waals surface area contributed by atoms with Crippen LogP contribution in [-0.4, -0.2) is 21.3 Å². The van der Waals surface area contributed by atoms with E-state index < -0.39 is 28.2 Å². The molecule has 5 heteroatoms. The van der Waals surface area contributed by atoms with E-state index in [4.69, 9.17) is 0 Å². The molecule has 1 N–H and O–H groups in total. The zero-order chi connectivity index (χ0) is 17.0. The maximum Gasteiger partial charge on any atom is 0.111 e. The second-order valence-electron chi connectivity index (χ2n) is 6.58. The van der Waals surface area contributed by atoms with Crippen LogP contribution < -0.4 is 4.72 Å². The zero-order valence-corrected chi connectivity index (χ0v) is 16.4. The van der Waals surface area contributed by atoms with E-state index in [-0.39, 0.29) is 0 Å². The topological polar surface area (TPSA) is 46.2 Å². The summed E-state index contributed by atoms with van der Waals surface area (Å²) in [5.41, 5.74) is 0.974. The van der Waals surface area contributed by atoms with Crippen molar-refractivity contribution >= 4 is 18.1 Å². The molecule has 2 atom stereocenters. The summed E-state index contributed by atoms with van der Waals surface area (Å²) >= 11 is 0. The van der Waals surface area contributed by atoms with Crippen molar-refractivity contribution < 1.29 is 8.77 Å². The normalized spacial score (nSPS) is 17.0. The van der Waals surface area contributed by atoms with Crippen LogP contribution in [0.25, 0.3) is 0 Å². The van der Waals surface area contributed by atoms with Crippen molar-refractivity contribution in [3.8, 4) is 0 Å². The van der Waals surface area contributed by atoms with Crippen molar-refractivity contribution in [1.29, 1.82) is 0 Å². The fraction of sp³-hybridized carbons (Fsp3) is 0.647. The van der Waals surface area contributed by atoms with Gasteiger partial charge in [0.25, 0.3) is 0 Å². The minimum absolute atomic E-state index is 0.401. The zero-order valence-electron chi connectivity index (χ0n) is 14.7. The first-order valence-corrected chi connectivity index (χ1v) is 11.2. The van der Waals surface area contributed by atoms with Crippen LogP contribution in [0.15, 0.2) is 30.3 Å². The minimum Gasteiger partial charge on any atom is -0.321 e. The molecule has 0 bridgehead atoms. The Bertz CT molecular complexity index is 546. The second kappa shape index (κ2) is 7.42. The molecular weight excluding hydrogens is 313 g/mol. The van der Waals surface area contributed by atoms with E-state index in [1.807, 2.05) is 71.9 Å². The molecule has 0 heterocycles. The van der Waals surface area contributed by atoms with Gasteiger partial charge in [0.05, 0.1) is 15.7 Å². The number of benzene rings is 1. The highest BCUT2D eigenvalue weighted by Crippen LogP contribution is 2.63. The smallest absolute Gasteiger partial charge is 0.111 e. The van der Waals surface area contributed by atoms with E-state index in [0.29, 0.717) is 18.7 Å². The Hall–Kier alpha value is -0.440. The third kappa shape index (κ3) is 3.72. The van der Waals surface area contributed by atoms with Gasteiger partial charge in [0, 0.05) is 12.3 Å². The summed E-state index contributed by atoms with van der Waals surface area (Å²) in [4.78, 5) is 0. The highest BCUT2D eigenvalue weighted by atomic mass is 32.2. The van der Waals surface area contributed by atoms with E-state index >= 15 is 0 Å². The SMILES string of the molecule is CC[C@](N[S@@](=O)C(C)(C)C)(c1ccccc1)P(=O)(CC)CC. The van der Waals surface area contributed by atoms with Crippen LogP contribution in [-0.2, 0) is 20.8 Å². The second-order valence-corrected chi connectivity index (χ2v) is 12.4. The molecular formula is C17H30NO2PS. The van der Waals surface area contributed by atoms with E-state index in [0.717, 1.165) is 5.56 Å². The lowest BCUT2D eigenvalue weighted by molar-refractivity contribution is 0.481. The molecule has 0 fully saturated rings. The quantitative estimate of drug-likeness (QED) is 0.729. The summed E-state index contributed by atoms with van der Waals surface area (Å²) in [6, 6.07) is 9.85. The predicted molar refractivity (Wildman–Crippen MR) is 98.1 cm³/mol. The fourth-order valence-corrected chi connectivity index (χ4v) is 7.24. The van der Waals surface area contributed by atoms with Crippen molar-refractivity contribution in [2.24, 2.45) is 0 Å². The molecule has 1 rings (SSSR count). The molecule has 126 valence electrons. The van der Waals surface area contributed by atoms with Gasteiger partial charge in [0.15, 0.2) is 0 Å². The molecule has 1 aromatic rings. The molecule has 1 aromatic carbocycles. The lowest BCUT2D eigenvalue weighted by Crippen LogP contribution is -2.48. The molecule has 22 heavy (non-hydrogen) atoms. The molecule has 0 aliphatic heterocycles. The first-order valence-electron chi connectivity index (χ1n) is 8.00. The van der Waals surface area contributed by atoms with Crippen LogP contribution >= 0.6 is 7.14 Å². The summed E-state index contributed by atoms with van der Waals surface area (Å²) in [5, 5.41) is -0.726. The van der Waals surface area contributed by atoms with Crippen molar-refractivity contribution in [2.75, 3.05) is 12.3 Å². The van der Waals surface area contributed by atoms with Gasteiger partial charge in [0.2, 0.25) is 0 Å². The molecule has 0 radical (unpaired) electrons. The average Bonchev–Trinajstić information content (AvgIpc) is 2.51. The Morgan fingerprint density at radius 2 is 1.55 bits per heavy atom. The molecule has 0 aromatic heterocycles. The predicted octanol–water partition coefficient (Wildman–Crippen LogP) is 4.70. The maximum absolute atomic E-state index is 13.7. The van der Waals surface area contributed by atoms with Gasteiger partial charge in [-0.3, -0.25) is 0 Å². The van der Waals surface area contributed by atoms with Crippen LogP contribution in [0.5, 0.6) is 0 Å². The number of nitrogens with one attached hydrogen (secondary N) is 1. The first-order chi connectivity index (χ1) is 10.2. The van der Waals surface area contributed by atoms with Gasteiger partial charge in [-0.05, 0) is 32.8 Å². The van der Waals surface area contributed by atoms with Gasteiger partial charge >= 0.3 is 0 Å². The van der Waals surface area contributed by atoms with Crippen LogP contribution in [0.3, 0.4) is 0 Å².